The number of amides is 1. The van der Waals surface area contributed by atoms with E-state index in [9.17, 15) is 4.79 Å². The zero-order valence-electron chi connectivity index (χ0n) is 9.96. The zero-order chi connectivity index (χ0) is 12.0. The van der Waals surface area contributed by atoms with Crippen molar-refractivity contribution in [2.75, 3.05) is 25.5 Å². The molecule has 0 aliphatic rings. The van der Waals surface area contributed by atoms with Gasteiger partial charge in [-0.05, 0) is 44.7 Å². The maximum atomic E-state index is 11.3. The predicted octanol–water partition coefficient (Wildman–Crippen LogP) is 1.55. The zero-order valence-corrected chi connectivity index (χ0v) is 9.96. The quantitative estimate of drug-likeness (QED) is 0.794. The van der Waals surface area contributed by atoms with Crippen molar-refractivity contribution in [2.24, 2.45) is 0 Å². The summed E-state index contributed by atoms with van der Waals surface area (Å²) in [6.45, 7) is 4.86. The molecule has 4 heteroatoms. The molecule has 0 heterocycles. The number of hydrogen-bond acceptors (Lipinski definition) is 3. The summed E-state index contributed by atoms with van der Waals surface area (Å²) in [5.41, 5.74) is 1.81. The summed E-state index contributed by atoms with van der Waals surface area (Å²) in [6, 6.07) is 5.61. The van der Waals surface area contributed by atoms with Crippen molar-refractivity contribution >= 4 is 11.6 Å². The Labute approximate surface area is 96.0 Å². The van der Waals surface area contributed by atoms with Gasteiger partial charge >= 0.3 is 0 Å². The fraction of sp³-hybridized carbons (Fsp3) is 0.417. The highest BCUT2D eigenvalue weighted by atomic mass is 16.5. The van der Waals surface area contributed by atoms with E-state index in [-0.39, 0.29) is 5.91 Å². The van der Waals surface area contributed by atoms with E-state index in [1.807, 2.05) is 32.0 Å². The number of aryl methyl sites for hydroxylation is 1. The van der Waals surface area contributed by atoms with Crippen molar-refractivity contribution in [2.45, 2.75) is 13.8 Å². The van der Waals surface area contributed by atoms with Gasteiger partial charge in [-0.15, -0.1) is 0 Å². The summed E-state index contributed by atoms with van der Waals surface area (Å²) < 4.78 is 5.42. The second-order valence-corrected chi connectivity index (χ2v) is 3.49. The van der Waals surface area contributed by atoms with Gasteiger partial charge in [0.05, 0.1) is 13.2 Å². The van der Waals surface area contributed by atoms with Crippen LogP contribution in [0.25, 0.3) is 0 Å². The molecule has 0 radical (unpaired) electrons. The molecule has 0 aliphatic heterocycles. The third kappa shape index (κ3) is 3.55. The first-order chi connectivity index (χ1) is 7.67. The van der Waals surface area contributed by atoms with Gasteiger partial charge in [0.15, 0.2) is 0 Å². The van der Waals surface area contributed by atoms with Gasteiger partial charge in [0.1, 0.15) is 5.75 Å². The lowest BCUT2D eigenvalue weighted by molar-refractivity contribution is -0.115. The van der Waals surface area contributed by atoms with Crippen LogP contribution in [0.3, 0.4) is 0 Å². The van der Waals surface area contributed by atoms with Crippen LogP contribution in [-0.2, 0) is 4.79 Å². The van der Waals surface area contributed by atoms with Crippen LogP contribution < -0.4 is 15.4 Å². The van der Waals surface area contributed by atoms with Gasteiger partial charge in [0, 0.05) is 5.69 Å². The molecule has 1 rings (SSSR count). The molecule has 2 N–H and O–H groups in total. The average Bonchev–Trinajstić information content (AvgIpc) is 2.22. The Morgan fingerprint density at radius 3 is 2.75 bits per heavy atom. The van der Waals surface area contributed by atoms with Crippen LogP contribution in [0.1, 0.15) is 12.5 Å². The van der Waals surface area contributed by atoms with Gasteiger partial charge in [-0.3, -0.25) is 4.79 Å². The Kier molecular flexibility index (Phi) is 4.79. The highest BCUT2D eigenvalue weighted by molar-refractivity contribution is 5.92. The Morgan fingerprint density at radius 1 is 1.44 bits per heavy atom. The number of rotatable bonds is 5. The van der Waals surface area contributed by atoms with E-state index in [0.717, 1.165) is 17.0 Å². The smallest absolute Gasteiger partial charge is 0.238 e. The van der Waals surface area contributed by atoms with Crippen molar-refractivity contribution in [3.63, 3.8) is 0 Å². The van der Waals surface area contributed by atoms with Crippen LogP contribution >= 0.6 is 0 Å². The number of ether oxygens (including phenoxy) is 1. The van der Waals surface area contributed by atoms with Crippen LogP contribution in [0.4, 0.5) is 5.69 Å². The summed E-state index contributed by atoms with van der Waals surface area (Å²) >= 11 is 0. The number of anilines is 1. The van der Waals surface area contributed by atoms with Gasteiger partial charge in [-0.25, -0.2) is 0 Å². The molecule has 0 spiro atoms. The number of hydrogen-bond donors (Lipinski definition) is 2. The Balaban J connectivity index is 2.69. The monoisotopic (exact) mass is 222 g/mol. The molecule has 0 saturated heterocycles. The Hall–Kier alpha value is -1.55. The molecule has 1 amide bonds. The minimum Gasteiger partial charge on any atom is -0.494 e. The van der Waals surface area contributed by atoms with Gasteiger partial charge in [-0.1, -0.05) is 0 Å². The fourth-order valence-electron chi connectivity index (χ4n) is 1.41. The molecule has 4 nitrogen and oxygen atoms in total. The SMILES string of the molecule is CCOc1ccc(NC(=O)CNC)cc1C. The normalized spacial score (nSPS) is 9.94. The second kappa shape index (κ2) is 6.12. The summed E-state index contributed by atoms with van der Waals surface area (Å²) in [5, 5.41) is 5.59. The third-order valence-electron chi connectivity index (χ3n) is 2.10. The second-order valence-electron chi connectivity index (χ2n) is 3.49. The topological polar surface area (TPSA) is 50.4 Å². The van der Waals surface area contributed by atoms with Crippen LogP contribution in [0.2, 0.25) is 0 Å². The largest absolute Gasteiger partial charge is 0.494 e. The lowest BCUT2D eigenvalue weighted by atomic mass is 10.2. The molecule has 0 bridgehead atoms. The van der Waals surface area contributed by atoms with Gasteiger partial charge in [0.25, 0.3) is 0 Å². The van der Waals surface area contributed by atoms with Crippen LogP contribution in [-0.4, -0.2) is 26.1 Å². The van der Waals surface area contributed by atoms with Gasteiger partial charge in [-0.2, -0.15) is 0 Å². The van der Waals surface area contributed by atoms with E-state index in [4.69, 9.17) is 4.74 Å². The van der Waals surface area contributed by atoms with Gasteiger partial charge in [0.2, 0.25) is 5.91 Å². The molecular formula is C12H18N2O2. The molecule has 1 aromatic rings. The van der Waals surface area contributed by atoms with Gasteiger partial charge < -0.3 is 15.4 Å². The predicted molar refractivity (Wildman–Crippen MR) is 64.9 cm³/mol. The van der Waals surface area contributed by atoms with E-state index in [1.54, 1.807) is 7.05 Å². The van der Waals surface area contributed by atoms with E-state index >= 15 is 0 Å². The Bertz CT molecular complexity index is 364. The molecule has 0 aliphatic carbocycles. The van der Waals surface area contributed by atoms with Crippen molar-refractivity contribution < 1.29 is 9.53 Å². The summed E-state index contributed by atoms with van der Waals surface area (Å²) in [4.78, 5) is 11.3. The molecule has 16 heavy (non-hydrogen) atoms. The minimum atomic E-state index is -0.0499. The summed E-state index contributed by atoms with van der Waals surface area (Å²) in [6.07, 6.45) is 0. The van der Waals surface area contributed by atoms with Crippen molar-refractivity contribution in [3.05, 3.63) is 23.8 Å². The van der Waals surface area contributed by atoms with Crippen molar-refractivity contribution in [3.8, 4) is 5.75 Å². The average molecular weight is 222 g/mol. The first-order valence-corrected chi connectivity index (χ1v) is 5.35. The number of benzene rings is 1. The van der Waals surface area contributed by atoms with Crippen LogP contribution in [0.5, 0.6) is 5.75 Å². The standard InChI is InChI=1S/C12H18N2O2/c1-4-16-11-6-5-10(7-9(11)2)14-12(15)8-13-3/h5-7,13H,4,8H2,1-3H3,(H,14,15). The highest BCUT2D eigenvalue weighted by Gasteiger charge is 2.03. The van der Waals surface area contributed by atoms with E-state index in [0.29, 0.717) is 13.2 Å². The number of carbonyl (C=O) groups excluding carboxylic acids is 1. The Morgan fingerprint density at radius 2 is 2.19 bits per heavy atom. The summed E-state index contributed by atoms with van der Waals surface area (Å²) in [7, 11) is 1.74. The maximum absolute atomic E-state index is 11.3. The molecule has 0 atom stereocenters. The molecule has 0 saturated carbocycles. The molecule has 0 fully saturated rings. The lowest BCUT2D eigenvalue weighted by Gasteiger charge is -2.10. The molecular weight excluding hydrogens is 204 g/mol. The first kappa shape index (κ1) is 12.5. The maximum Gasteiger partial charge on any atom is 0.238 e. The van der Waals surface area contributed by atoms with Crippen LogP contribution in [0.15, 0.2) is 18.2 Å². The van der Waals surface area contributed by atoms with Crippen molar-refractivity contribution in [1.29, 1.82) is 0 Å². The van der Waals surface area contributed by atoms with E-state index < -0.39 is 0 Å². The van der Waals surface area contributed by atoms with E-state index in [1.165, 1.54) is 0 Å². The fourth-order valence-corrected chi connectivity index (χ4v) is 1.41. The molecule has 1 aromatic carbocycles. The van der Waals surface area contributed by atoms with Crippen LogP contribution in [0, 0.1) is 6.92 Å². The van der Waals surface area contributed by atoms with Crippen molar-refractivity contribution in [1.82, 2.24) is 5.32 Å². The third-order valence-corrected chi connectivity index (χ3v) is 2.10. The highest BCUT2D eigenvalue weighted by Crippen LogP contribution is 2.21. The lowest BCUT2D eigenvalue weighted by Crippen LogP contribution is -2.25. The van der Waals surface area contributed by atoms with E-state index in [2.05, 4.69) is 10.6 Å². The molecule has 0 aromatic heterocycles. The number of likely N-dealkylation sites (N-methyl/N-ethyl adjacent to an activating group) is 1. The molecule has 0 unspecified atom stereocenters. The first-order valence-electron chi connectivity index (χ1n) is 5.35. The summed E-state index contributed by atoms with van der Waals surface area (Å²) in [5.74, 6) is 0.806. The number of carbonyl (C=O) groups is 1. The number of nitrogens with one attached hydrogen (secondary N) is 2. The molecule has 88 valence electrons. The minimum absolute atomic E-state index is 0.0499.